The van der Waals surface area contributed by atoms with Gasteiger partial charge in [0, 0.05) is 24.5 Å². The van der Waals surface area contributed by atoms with Gasteiger partial charge in [0.25, 0.3) is 0 Å². The molecule has 0 aliphatic rings. The van der Waals surface area contributed by atoms with E-state index >= 15 is 0 Å². The van der Waals surface area contributed by atoms with Crippen LogP contribution in [0, 0.1) is 0 Å². The summed E-state index contributed by atoms with van der Waals surface area (Å²) >= 11 is 1.58. The summed E-state index contributed by atoms with van der Waals surface area (Å²) in [7, 11) is -3.27. The topological polar surface area (TPSA) is 71.1 Å². The molecule has 120 valence electrons. The lowest BCUT2D eigenvalue weighted by Gasteiger charge is -2.10. The highest BCUT2D eigenvalue weighted by molar-refractivity contribution is 7.88. The Morgan fingerprint density at radius 1 is 1.14 bits per heavy atom. The number of aromatic nitrogens is 1. The van der Waals surface area contributed by atoms with E-state index in [9.17, 15) is 8.42 Å². The normalized spacial score (nSPS) is 12.0. The van der Waals surface area contributed by atoms with Gasteiger partial charge in [0.2, 0.25) is 10.0 Å². The summed E-state index contributed by atoms with van der Waals surface area (Å²) in [4.78, 5) is 4.21. The van der Waals surface area contributed by atoms with E-state index in [2.05, 4.69) is 15.0 Å². The van der Waals surface area contributed by atoms with E-state index in [4.69, 9.17) is 0 Å². The first-order chi connectivity index (χ1) is 10.4. The molecule has 0 spiro atoms. The van der Waals surface area contributed by atoms with Crippen LogP contribution in [0.15, 0.2) is 35.2 Å². The van der Waals surface area contributed by atoms with E-state index in [-0.39, 0.29) is 11.8 Å². The Hall–Kier alpha value is -1.28. The number of hydrogen-bond donors (Lipinski definition) is 2. The number of benzene rings is 1. The molecule has 0 bridgehead atoms. The van der Waals surface area contributed by atoms with Gasteiger partial charge in [0.15, 0.2) is 0 Å². The Morgan fingerprint density at radius 3 is 2.41 bits per heavy atom. The summed E-state index contributed by atoms with van der Waals surface area (Å²) in [6.45, 7) is 5.09. The van der Waals surface area contributed by atoms with Gasteiger partial charge in [-0.15, -0.1) is 11.3 Å². The maximum Gasteiger partial charge on any atom is 0.216 e. The maximum absolute atomic E-state index is 11.9. The van der Waals surface area contributed by atoms with Crippen molar-refractivity contribution >= 4 is 21.4 Å². The second-order valence-electron chi connectivity index (χ2n) is 5.43. The Kier molecular flexibility index (Phi) is 6.07. The fourth-order valence-corrected chi connectivity index (χ4v) is 4.02. The zero-order valence-electron chi connectivity index (χ0n) is 12.7. The van der Waals surface area contributed by atoms with Crippen LogP contribution < -0.4 is 10.0 Å². The molecule has 0 fully saturated rings. The summed E-state index contributed by atoms with van der Waals surface area (Å²) in [5.41, 5.74) is 4.76. The van der Waals surface area contributed by atoms with Crippen LogP contribution in [0.3, 0.4) is 0 Å². The SMILES string of the molecule is CC(C)NS(=O)(=O)Cc1ccc(CNCc2cscn2)cc1. The van der Waals surface area contributed by atoms with Crippen molar-refractivity contribution < 1.29 is 8.42 Å². The number of hydrogen-bond acceptors (Lipinski definition) is 5. The van der Waals surface area contributed by atoms with Gasteiger partial charge in [-0.25, -0.2) is 18.1 Å². The van der Waals surface area contributed by atoms with Crippen LogP contribution in [-0.4, -0.2) is 19.4 Å². The van der Waals surface area contributed by atoms with Crippen molar-refractivity contribution in [3.63, 3.8) is 0 Å². The summed E-state index contributed by atoms with van der Waals surface area (Å²) < 4.78 is 26.3. The minimum absolute atomic E-state index is 0.0116. The Balaban J connectivity index is 1.85. The molecule has 7 heteroatoms. The summed E-state index contributed by atoms with van der Waals surface area (Å²) in [5, 5.41) is 5.33. The first-order valence-electron chi connectivity index (χ1n) is 7.10. The van der Waals surface area contributed by atoms with Gasteiger partial charge in [0.1, 0.15) is 0 Å². The monoisotopic (exact) mass is 339 g/mol. The second-order valence-corrected chi connectivity index (χ2v) is 7.90. The van der Waals surface area contributed by atoms with Crippen molar-refractivity contribution in [3.8, 4) is 0 Å². The largest absolute Gasteiger partial charge is 0.307 e. The zero-order chi connectivity index (χ0) is 16.0. The lowest BCUT2D eigenvalue weighted by molar-refractivity contribution is 0.569. The van der Waals surface area contributed by atoms with Gasteiger partial charge in [-0.3, -0.25) is 0 Å². The first-order valence-corrected chi connectivity index (χ1v) is 9.70. The van der Waals surface area contributed by atoms with Crippen molar-refractivity contribution in [2.75, 3.05) is 0 Å². The standard InChI is InChI=1S/C15H21N3O2S2/c1-12(2)18-22(19,20)10-14-5-3-13(4-6-14)7-16-8-15-9-21-11-17-15/h3-6,9,11-12,16,18H,7-8,10H2,1-2H3. The molecular weight excluding hydrogens is 318 g/mol. The lowest BCUT2D eigenvalue weighted by atomic mass is 10.1. The molecule has 1 aromatic heterocycles. The molecule has 2 aromatic rings. The molecule has 2 rings (SSSR count). The number of rotatable bonds is 8. The van der Waals surface area contributed by atoms with E-state index in [1.807, 2.05) is 49.0 Å². The molecule has 1 heterocycles. The molecular formula is C15H21N3O2S2. The first kappa shape index (κ1) is 17.1. The van der Waals surface area contributed by atoms with E-state index in [1.54, 1.807) is 11.3 Å². The summed E-state index contributed by atoms with van der Waals surface area (Å²) in [6.07, 6.45) is 0. The number of nitrogens with one attached hydrogen (secondary N) is 2. The van der Waals surface area contributed by atoms with E-state index in [0.717, 1.165) is 29.9 Å². The molecule has 0 atom stereocenters. The molecule has 0 saturated carbocycles. The Labute approximate surface area is 135 Å². The molecule has 0 amide bonds. The molecule has 1 aromatic carbocycles. The average molecular weight is 339 g/mol. The van der Waals surface area contributed by atoms with Crippen molar-refractivity contribution in [2.24, 2.45) is 0 Å². The highest BCUT2D eigenvalue weighted by atomic mass is 32.2. The Morgan fingerprint density at radius 2 is 1.82 bits per heavy atom. The zero-order valence-corrected chi connectivity index (χ0v) is 14.4. The highest BCUT2D eigenvalue weighted by Gasteiger charge is 2.12. The summed E-state index contributed by atoms with van der Waals surface area (Å²) in [5.74, 6) is 0.0116. The fourth-order valence-electron chi connectivity index (χ4n) is 2.03. The van der Waals surface area contributed by atoms with Crippen molar-refractivity contribution in [3.05, 3.63) is 52.0 Å². The smallest absolute Gasteiger partial charge is 0.216 e. The van der Waals surface area contributed by atoms with Crippen LogP contribution in [-0.2, 0) is 28.9 Å². The molecule has 0 aliphatic heterocycles. The van der Waals surface area contributed by atoms with E-state index in [1.165, 1.54) is 0 Å². The molecule has 0 unspecified atom stereocenters. The average Bonchev–Trinajstić information content (AvgIpc) is 2.92. The number of nitrogens with zero attached hydrogens (tertiary/aromatic N) is 1. The highest BCUT2D eigenvalue weighted by Crippen LogP contribution is 2.09. The minimum Gasteiger partial charge on any atom is -0.307 e. The van der Waals surface area contributed by atoms with E-state index in [0.29, 0.717) is 0 Å². The third kappa shape index (κ3) is 5.84. The predicted octanol–water partition coefficient (Wildman–Crippen LogP) is 2.26. The molecule has 22 heavy (non-hydrogen) atoms. The van der Waals surface area contributed by atoms with Gasteiger partial charge in [-0.2, -0.15) is 0 Å². The molecule has 2 N–H and O–H groups in total. The molecule has 0 aliphatic carbocycles. The third-order valence-corrected chi connectivity index (χ3v) is 5.09. The van der Waals surface area contributed by atoms with Gasteiger partial charge in [0.05, 0.1) is 17.0 Å². The maximum atomic E-state index is 11.9. The lowest BCUT2D eigenvalue weighted by Crippen LogP contribution is -2.31. The van der Waals surface area contributed by atoms with Crippen LogP contribution in [0.5, 0.6) is 0 Å². The number of thiazole rings is 1. The molecule has 0 radical (unpaired) electrons. The number of sulfonamides is 1. The summed E-state index contributed by atoms with van der Waals surface area (Å²) in [6, 6.07) is 7.54. The van der Waals surface area contributed by atoms with Gasteiger partial charge in [-0.05, 0) is 25.0 Å². The minimum atomic E-state index is -3.27. The molecule has 5 nitrogen and oxygen atoms in total. The predicted molar refractivity (Wildman–Crippen MR) is 90.0 cm³/mol. The third-order valence-electron chi connectivity index (χ3n) is 2.91. The second kappa shape index (κ2) is 7.82. The Bertz CT molecular complexity index is 665. The van der Waals surface area contributed by atoms with Crippen LogP contribution in [0.4, 0.5) is 0 Å². The van der Waals surface area contributed by atoms with Gasteiger partial charge in [-0.1, -0.05) is 24.3 Å². The van der Waals surface area contributed by atoms with Crippen molar-refractivity contribution in [2.45, 2.75) is 38.7 Å². The van der Waals surface area contributed by atoms with Crippen LogP contribution >= 0.6 is 11.3 Å². The molecule has 0 saturated heterocycles. The quantitative estimate of drug-likeness (QED) is 0.774. The van der Waals surface area contributed by atoms with Gasteiger partial charge < -0.3 is 5.32 Å². The van der Waals surface area contributed by atoms with Crippen molar-refractivity contribution in [1.82, 2.24) is 15.0 Å². The fraction of sp³-hybridized carbons (Fsp3) is 0.400. The van der Waals surface area contributed by atoms with Crippen LogP contribution in [0.1, 0.15) is 30.7 Å². The van der Waals surface area contributed by atoms with Crippen molar-refractivity contribution in [1.29, 1.82) is 0 Å². The van der Waals surface area contributed by atoms with Crippen LogP contribution in [0.2, 0.25) is 0 Å². The van der Waals surface area contributed by atoms with Crippen LogP contribution in [0.25, 0.3) is 0 Å². The van der Waals surface area contributed by atoms with E-state index < -0.39 is 10.0 Å². The van der Waals surface area contributed by atoms with Gasteiger partial charge >= 0.3 is 0 Å².